The summed E-state index contributed by atoms with van der Waals surface area (Å²) in [6.07, 6.45) is -0.128. The molecule has 41 heavy (non-hydrogen) atoms. The lowest BCUT2D eigenvalue weighted by Gasteiger charge is -2.35. The van der Waals surface area contributed by atoms with Gasteiger partial charge in [-0.25, -0.2) is 9.18 Å². The molecule has 2 aromatic rings. The first-order chi connectivity index (χ1) is 19.4. The van der Waals surface area contributed by atoms with Crippen LogP contribution in [0.3, 0.4) is 0 Å². The minimum atomic E-state index is -0.809. The van der Waals surface area contributed by atoms with E-state index in [1.807, 2.05) is 39.8 Å². The maximum Gasteiger partial charge on any atom is 0.417 e. The van der Waals surface area contributed by atoms with Crippen molar-refractivity contribution in [2.45, 2.75) is 69.8 Å². The van der Waals surface area contributed by atoms with Crippen molar-refractivity contribution in [2.24, 2.45) is 11.8 Å². The van der Waals surface area contributed by atoms with Crippen molar-refractivity contribution in [3.05, 3.63) is 70.5 Å². The number of hydrogen-bond donors (Lipinski definition) is 4. The Hall–Kier alpha value is -2.82. The molecule has 4 N–H and O–H groups in total. The first-order valence-electron chi connectivity index (χ1n) is 13.7. The molecule has 8 nitrogen and oxygen atoms in total. The van der Waals surface area contributed by atoms with Crippen molar-refractivity contribution >= 4 is 41.5 Å². The number of amides is 3. The molecule has 1 aliphatic heterocycles. The highest BCUT2D eigenvalue weighted by Gasteiger charge is 2.37. The van der Waals surface area contributed by atoms with Crippen molar-refractivity contribution in [1.82, 2.24) is 15.4 Å². The van der Waals surface area contributed by atoms with E-state index in [-0.39, 0.29) is 30.3 Å². The van der Waals surface area contributed by atoms with Gasteiger partial charge in [-0.3, -0.25) is 14.3 Å². The Morgan fingerprint density at radius 2 is 1.93 bits per heavy atom. The Balaban J connectivity index is 1.72. The lowest BCUT2D eigenvalue weighted by molar-refractivity contribution is -0.125. The van der Waals surface area contributed by atoms with Crippen LogP contribution in [0, 0.1) is 17.7 Å². The molecule has 11 heteroatoms. The van der Waals surface area contributed by atoms with Crippen LogP contribution in [-0.4, -0.2) is 47.5 Å². The van der Waals surface area contributed by atoms with E-state index in [1.54, 1.807) is 24.3 Å². The van der Waals surface area contributed by atoms with E-state index < -0.39 is 34.7 Å². The third-order valence-electron chi connectivity index (χ3n) is 7.18. The number of nitrogens with one attached hydrogen (secondary N) is 3. The number of ether oxygens (including phenoxy) is 1. The molecule has 0 aromatic heterocycles. The Morgan fingerprint density at radius 1 is 1.22 bits per heavy atom. The van der Waals surface area contributed by atoms with Crippen LogP contribution in [0.5, 0.6) is 0 Å². The molecule has 1 heterocycles. The number of carbonyl (C=O) groups is 3. The maximum atomic E-state index is 13.7. The first kappa shape index (κ1) is 32.7. The summed E-state index contributed by atoms with van der Waals surface area (Å²) in [7, 11) is 0. The summed E-state index contributed by atoms with van der Waals surface area (Å²) in [6, 6.07) is 12.4. The van der Waals surface area contributed by atoms with Gasteiger partial charge >= 0.3 is 6.09 Å². The first-order valence-corrected chi connectivity index (χ1v) is 15.0. The summed E-state index contributed by atoms with van der Waals surface area (Å²) >= 11 is 7.17. The van der Waals surface area contributed by atoms with Crippen LogP contribution in [0.25, 0.3) is 0 Å². The second-order valence-corrected chi connectivity index (χ2v) is 12.8. The SMILES string of the molecule is CC(C)C[C@H](SNC(=O)OC(c1ccc(F)cc1)C(C)(C)c1cccc(Cl)c1)C(=O)N[C@H](CO)C[C@@H]1CCNC1=O. The molecule has 0 radical (unpaired) electrons. The molecule has 1 fully saturated rings. The fourth-order valence-electron chi connectivity index (χ4n) is 4.88. The molecule has 1 saturated heterocycles. The van der Waals surface area contributed by atoms with Gasteiger partial charge in [0.05, 0.1) is 12.6 Å². The molecule has 3 amide bonds. The number of rotatable bonds is 13. The molecule has 4 atom stereocenters. The molecular formula is C30H39ClFN3O5S. The van der Waals surface area contributed by atoms with Crippen molar-refractivity contribution < 1.29 is 28.6 Å². The molecule has 2 aromatic carbocycles. The lowest BCUT2D eigenvalue weighted by Crippen LogP contribution is -2.45. The highest BCUT2D eigenvalue weighted by Crippen LogP contribution is 2.40. The average molecular weight is 608 g/mol. The van der Waals surface area contributed by atoms with Crippen molar-refractivity contribution in [2.75, 3.05) is 13.2 Å². The van der Waals surface area contributed by atoms with Crippen LogP contribution in [0.2, 0.25) is 5.02 Å². The van der Waals surface area contributed by atoms with E-state index >= 15 is 0 Å². The van der Waals surface area contributed by atoms with Crippen LogP contribution in [0.1, 0.15) is 64.2 Å². The van der Waals surface area contributed by atoms with Gasteiger partial charge in [-0.05, 0) is 72.5 Å². The molecule has 224 valence electrons. The molecule has 1 aliphatic rings. The van der Waals surface area contributed by atoms with Crippen molar-refractivity contribution in [1.29, 1.82) is 0 Å². The van der Waals surface area contributed by atoms with E-state index in [9.17, 15) is 23.9 Å². The predicted molar refractivity (Wildman–Crippen MR) is 159 cm³/mol. The summed E-state index contributed by atoms with van der Waals surface area (Å²) in [5, 5.41) is 15.3. The van der Waals surface area contributed by atoms with E-state index in [0.29, 0.717) is 36.4 Å². The van der Waals surface area contributed by atoms with Gasteiger partial charge in [0.2, 0.25) is 11.8 Å². The fraction of sp³-hybridized carbons (Fsp3) is 0.500. The van der Waals surface area contributed by atoms with Gasteiger partial charge in [0, 0.05) is 22.9 Å². The molecule has 3 rings (SSSR count). The zero-order valence-corrected chi connectivity index (χ0v) is 25.4. The quantitative estimate of drug-likeness (QED) is 0.230. The summed E-state index contributed by atoms with van der Waals surface area (Å²) in [5.41, 5.74) is 0.665. The second-order valence-electron chi connectivity index (χ2n) is 11.3. The van der Waals surface area contributed by atoms with Crippen LogP contribution in [0.4, 0.5) is 9.18 Å². The molecule has 0 saturated carbocycles. The van der Waals surface area contributed by atoms with Gasteiger partial charge < -0.3 is 20.5 Å². The van der Waals surface area contributed by atoms with E-state index in [0.717, 1.165) is 17.5 Å². The van der Waals surface area contributed by atoms with Gasteiger partial charge in [-0.15, -0.1) is 0 Å². The zero-order chi connectivity index (χ0) is 30.2. The third kappa shape index (κ3) is 9.34. The van der Waals surface area contributed by atoms with E-state index in [1.165, 1.54) is 12.1 Å². The average Bonchev–Trinajstić information content (AvgIpc) is 3.33. The second kappa shape index (κ2) is 14.9. The summed E-state index contributed by atoms with van der Waals surface area (Å²) in [4.78, 5) is 38.3. The number of aliphatic hydroxyl groups is 1. The van der Waals surface area contributed by atoms with Gasteiger partial charge in [0.25, 0.3) is 0 Å². The predicted octanol–water partition coefficient (Wildman–Crippen LogP) is 5.29. The maximum absolute atomic E-state index is 13.7. The van der Waals surface area contributed by atoms with Crippen LogP contribution in [-0.2, 0) is 19.7 Å². The lowest BCUT2D eigenvalue weighted by atomic mass is 9.76. The molecule has 0 aliphatic carbocycles. The van der Waals surface area contributed by atoms with Crippen molar-refractivity contribution in [3.63, 3.8) is 0 Å². The molecular weight excluding hydrogens is 569 g/mol. The molecule has 0 spiro atoms. The van der Waals surface area contributed by atoms with Crippen LogP contribution < -0.4 is 15.4 Å². The van der Waals surface area contributed by atoms with Gasteiger partial charge in [0.15, 0.2) is 0 Å². The van der Waals surface area contributed by atoms with Gasteiger partial charge in [0.1, 0.15) is 17.2 Å². The topological polar surface area (TPSA) is 117 Å². The van der Waals surface area contributed by atoms with E-state index in [4.69, 9.17) is 16.3 Å². The Morgan fingerprint density at radius 3 is 2.51 bits per heavy atom. The Labute approximate surface area is 250 Å². The largest absolute Gasteiger partial charge is 0.440 e. The number of hydrogen-bond acceptors (Lipinski definition) is 6. The highest BCUT2D eigenvalue weighted by atomic mass is 35.5. The number of benzene rings is 2. The van der Waals surface area contributed by atoms with Gasteiger partial charge in [-0.2, -0.15) is 0 Å². The summed E-state index contributed by atoms with van der Waals surface area (Å²) < 4.78 is 22.3. The highest BCUT2D eigenvalue weighted by molar-refractivity contribution is 7.99. The molecule has 0 bridgehead atoms. The monoisotopic (exact) mass is 607 g/mol. The summed E-state index contributed by atoms with van der Waals surface area (Å²) in [6.45, 7) is 8.01. The smallest absolute Gasteiger partial charge is 0.417 e. The van der Waals surface area contributed by atoms with Crippen LogP contribution >= 0.6 is 23.5 Å². The number of aliphatic hydroxyl groups excluding tert-OH is 1. The summed E-state index contributed by atoms with van der Waals surface area (Å²) in [5.74, 6) is -0.964. The Kier molecular flexibility index (Phi) is 11.9. The minimum absolute atomic E-state index is 0.0772. The Bertz CT molecular complexity index is 1200. The number of carbonyl (C=O) groups excluding carboxylic acids is 3. The van der Waals surface area contributed by atoms with E-state index in [2.05, 4.69) is 15.4 Å². The van der Waals surface area contributed by atoms with Crippen molar-refractivity contribution in [3.8, 4) is 0 Å². The minimum Gasteiger partial charge on any atom is -0.440 e. The fourth-order valence-corrected chi connectivity index (χ4v) is 6.02. The number of halogens is 2. The third-order valence-corrected chi connectivity index (χ3v) is 8.39. The standard InChI is InChI=1S/C30H39ClFN3O5S/c1-18(2)14-25(28(38)34-24(17-36)15-20-12-13-33-27(20)37)41-35-29(39)40-26(19-8-10-23(32)11-9-19)30(3,4)21-6-5-7-22(31)16-21/h5-11,16,18,20,24-26,36H,12-15,17H2,1-4H3,(H,33,37)(H,34,38)(H,35,39)/t20-,24-,25-,26?/m0/s1. The van der Waals surface area contributed by atoms with Crippen LogP contribution in [0.15, 0.2) is 48.5 Å². The van der Waals surface area contributed by atoms with Gasteiger partial charge in [-0.1, -0.05) is 63.6 Å². The normalized spacial score (nSPS) is 17.5. The molecule has 1 unspecified atom stereocenters. The zero-order valence-electron chi connectivity index (χ0n) is 23.8.